The number of alkyl halides is 2. The summed E-state index contributed by atoms with van der Waals surface area (Å²) in [6.45, 7) is 8.01. The molecule has 0 aliphatic carbocycles. The van der Waals surface area contributed by atoms with Crippen molar-refractivity contribution in [1.29, 1.82) is 0 Å². The van der Waals surface area contributed by atoms with Crippen molar-refractivity contribution in [2.24, 2.45) is 0 Å². The topological polar surface area (TPSA) is 46.2 Å². The summed E-state index contributed by atoms with van der Waals surface area (Å²) >= 11 is 0. The number of benzene rings is 2. The summed E-state index contributed by atoms with van der Waals surface area (Å²) in [6, 6.07) is 14.3. The first kappa shape index (κ1) is 32.5. The third-order valence-corrected chi connectivity index (χ3v) is 7.41. The molecule has 0 N–H and O–H groups in total. The highest BCUT2D eigenvalue weighted by molar-refractivity contribution is 5.38. The zero-order valence-corrected chi connectivity index (χ0v) is 24.7. The molecule has 1 fully saturated rings. The van der Waals surface area contributed by atoms with Crippen LogP contribution >= 0.6 is 0 Å². The first-order chi connectivity index (χ1) is 19.4. The monoisotopic (exact) mass is 562 g/mol. The van der Waals surface area contributed by atoms with E-state index in [-0.39, 0.29) is 18.3 Å². The molecule has 1 saturated heterocycles. The molecule has 5 nitrogen and oxygen atoms in total. The Morgan fingerprint density at radius 1 is 0.825 bits per heavy atom. The van der Waals surface area contributed by atoms with Crippen LogP contribution in [0.2, 0.25) is 0 Å². The number of ether oxygens (including phenoxy) is 5. The van der Waals surface area contributed by atoms with E-state index < -0.39 is 24.2 Å². The quantitative estimate of drug-likeness (QED) is 0.174. The van der Waals surface area contributed by atoms with E-state index in [1.807, 2.05) is 24.3 Å². The zero-order chi connectivity index (χ0) is 28.8. The SMILES string of the molecule is CCCCOC[C@H]1O[C@@H](C(F)(F)c2ccccc2Cc2ccc(OC)cc2)[C@H](OCCCC)C[C@@H]1OCCCC. The maximum absolute atomic E-state index is 16.6. The van der Waals surface area contributed by atoms with Crippen LogP contribution < -0.4 is 4.74 Å². The molecule has 1 heterocycles. The first-order valence-electron chi connectivity index (χ1n) is 15.0. The molecule has 0 saturated carbocycles. The van der Waals surface area contributed by atoms with Gasteiger partial charge in [0.2, 0.25) is 0 Å². The van der Waals surface area contributed by atoms with Gasteiger partial charge in [0.1, 0.15) is 11.9 Å². The molecular weight excluding hydrogens is 514 g/mol. The standard InChI is InChI=1S/C33H48F2O5/c1-5-8-19-37-24-31-29(38-20-9-6-2)23-30(39-21-10-7-3)32(40-31)33(34,35)28-14-12-11-13-26(28)22-25-15-17-27(36-4)18-16-25/h11-18,29-32H,5-10,19-24H2,1-4H3/t29-,30+,31+,32+/m0/s1. The van der Waals surface area contributed by atoms with Gasteiger partial charge in [-0.1, -0.05) is 76.4 Å². The Kier molecular flexibility index (Phi) is 13.8. The van der Waals surface area contributed by atoms with E-state index in [2.05, 4.69) is 20.8 Å². The average Bonchev–Trinajstić information content (AvgIpc) is 2.97. The van der Waals surface area contributed by atoms with Gasteiger partial charge >= 0.3 is 5.92 Å². The van der Waals surface area contributed by atoms with Crippen LogP contribution in [-0.4, -0.2) is 58.0 Å². The normalized spacial score (nSPS) is 21.4. The molecule has 224 valence electrons. The Labute approximate surface area is 239 Å². The molecule has 0 aromatic heterocycles. The predicted molar refractivity (Wildman–Crippen MR) is 154 cm³/mol. The maximum Gasteiger partial charge on any atom is 0.301 e. The Balaban J connectivity index is 1.89. The molecular formula is C33H48F2O5. The molecule has 0 spiro atoms. The second-order valence-electron chi connectivity index (χ2n) is 10.6. The van der Waals surface area contributed by atoms with E-state index in [4.69, 9.17) is 23.7 Å². The van der Waals surface area contributed by atoms with Gasteiger partial charge in [-0.25, -0.2) is 0 Å². The molecule has 0 unspecified atom stereocenters. The smallest absolute Gasteiger partial charge is 0.301 e. The third kappa shape index (κ3) is 9.23. The number of unbranched alkanes of at least 4 members (excludes halogenated alkanes) is 3. The molecule has 1 aliphatic heterocycles. The number of rotatable bonds is 18. The largest absolute Gasteiger partial charge is 0.497 e. The van der Waals surface area contributed by atoms with Gasteiger partial charge in [0.15, 0.2) is 6.10 Å². The van der Waals surface area contributed by atoms with Crippen LogP contribution in [0.25, 0.3) is 0 Å². The van der Waals surface area contributed by atoms with Gasteiger partial charge in [-0.15, -0.1) is 0 Å². The summed E-state index contributed by atoms with van der Waals surface area (Å²) in [7, 11) is 1.61. The van der Waals surface area contributed by atoms with Crippen molar-refractivity contribution in [3.8, 4) is 5.75 Å². The highest BCUT2D eigenvalue weighted by Gasteiger charge is 2.53. The zero-order valence-electron chi connectivity index (χ0n) is 24.7. The average molecular weight is 563 g/mol. The summed E-state index contributed by atoms with van der Waals surface area (Å²) in [6.07, 6.45) is 3.04. The van der Waals surface area contributed by atoms with Gasteiger partial charge in [0.05, 0.1) is 25.9 Å². The fourth-order valence-electron chi connectivity index (χ4n) is 4.98. The van der Waals surface area contributed by atoms with Gasteiger partial charge in [-0.05, 0) is 48.9 Å². The number of halogens is 2. The highest BCUT2D eigenvalue weighted by atomic mass is 19.3. The Hall–Kier alpha value is -2.06. The van der Waals surface area contributed by atoms with Crippen LogP contribution in [0, 0.1) is 0 Å². The lowest BCUT2D eigenvalue weighted by molar-refractivity contribution is -0.270. The molecule has 0 amide bonds. The van der Waals surface area contributed by atoms with Crippen molar-refractivity contribution in [2.45, 2.75) is 102 Å². The van der Waals surface area contributed by atoms with Crippen molar-refractivity contribution in [2.75, 3.05) is 33.5 Å². The molecule has 2 aromatic rings. The first-order valence-corrected chi connectivity index (χ1v) is 15.0. The van der Waals surface area contributed by atoms with E-state index in [9.17, 15) is 0 Å². The van der Waals surface area contributed by atoms with Crippen molar-refractivity contribution in [3.05, 3.63) is 65.2 Å². The highest BCUT2D eigenvalue weighted by Crippen LogP contribution is 2.43. The Morgan fingerprint density at radius 2 is 1.45 bits per heavy atom. The lowest BCUT2D eigenvalue weighted by atomic mass is 9.87. The summed E-state index contributed by atoms with van der Waals surface area (Å²) in [5, 5.41) is 0. The number of methoxy groups -OCH3 is 1. The van der Waals surface area contributed by atoms with Crippen LogP contribution in [-0.2, 0) is 31.3 Å². The van der Waals surface area contributed by atoms with Crippen LogP contribution in [0.4, 0.5) is 8.78 Å². The van der Waals surface area contributed by atoms with E-state index in [1.54, 1.807) is 25.3 Å². The van der Waals surface area contributed by atoms with E-state index >= 15 is 8.78 Å². The van der Waals surface area contributed by atoms with Crippen LogP contribution in [0.3, 0.4) is 0 Å². The van der Waals surface area contributed by atoms with Gasteiger partial charge in [-0.2, -0.15) is 8.78 Å². The third-order valence-electron chi connectivity index (χ3n) is 7.41. The van der Waals surface area contributed by atoms with Crippen molar-refractivity contribution < 1.29 is 32.5 Å². The van der Waals surface area contributed by atoms with Gasteiger partial charge in [0, 0.05) is 31.8 Å². The second-order valence-corrected chi connectivity index (χ2v) is 10.6. The van der Waals surface area contributed by atoms with Crippen molar-refractivity contribution in [1.82, 2.24) is 0 Å². The van der Waals surface area contributed by atoms with Gasteiger partial charge in [0.25, 0.3) is 0 Å². The van der Waals surface area contributed by atoms with E-state index in [0.717, 1.165) is 49.8 Å². The van der Waals surface area contributed by atoms with Crippen LogP contribution in [0.15, 0.2) is 48.5 Å². The van der Waals surface area contributed by atoms with E-state index in [0.29, 0.717) is 38.2 Å². The molecule has 0 radical (unpaired) electrons. The molecule has 2 aromatic carbocycles. The lowest BCUT2D eigenvalue weighted by Crippen LogP contribution is -2.56. The summed E-state index contributed by atoms with van der Waals surface area (Å²) < 4.78 is 62.9. The fourth-order valence-corrected chi connectivity index (χ4v) is 4.98. The second kappa shape index (κ2) is 17.0. The predicted octanol–water partition coefficient (Wildman–Crippen LogP) is 7.72. The molecule has 1 aliphatic rings. The maximum atomic E-state index is 16.6. The molecule has 4 atom stereocenters. The number of hydrogen-bond acceptors (Lipinski definition) is 5. The summed E-state index contributed by atoms with van der Waals surface area (Å²) in [5.41, 5.74) is 1.46. The van der Waals surface area contributed by atoms with Crippen LogP contribution in [0.5, 0.6) is 5.75 Å². The molecule has 3 rings (SSSR count). The molecule has 40 heavy (non-hydrogen) atoms. The van der Waals surface area contributed by atoms with Gasteiger partial charge in [-0.3, -0.25) is 0 Å². The lowest BCUT2D eigenvalue weighted by Gasteiger charge is -2.44. The van der Waals surface area contributed by atoms with Crippen LogP contribution in [0.1, 0.15) is 82.4 Å². The minimum Gasteiger partial charge on any atom is -0.497 e. The minimum absolute atomic E-state index is 0.0316. The summed E-state index contributed by atoms with van der Waals surface area (Å²) in [4.78, 5) is 0. The van der Waals surface area contributed by atoms with Crippen molar-refractivity contribution in [3.63, 3.8) is 0 Å². The molecule has 0 bridgehead atoms. The summed E-state index contributed by atoms with van der Waals surface area (Å²) in [5.74, 6) is -2.55. The number of hydrogen-bond donors (Lipinski definition) is 0. The molecule has 7 heteroatoms. The Morgan fingerprint density at radius 3 is 2.10 bits per heavy atom. The fraction of sp³-hybridized carbons (Fsp3) is 0.636. The Bertz CT molecular complexity index is 968. The van der Waals surface area contributed by atoms with Crippen molar-refractivity contribution >= 4 is 0 Å². The van der Waals surface area contributed by atoms with Gasteiger partial charge < -0.3 is 23.7 Å². The van der Waals surface area contributed by atoms with E-state index in [1.165, 1.54) is 6.07 Å². The minimum atomic E-state index is -3.28.